The Morgan fingerprint density at radius 3 is 2.56 bits per heavy atom. The number of nitrogens with two attached hydrogens (primary N) is 1. The third kappa shape index (κ3) is 2.65. The first-order chi connectivity index (χ1) is 8.72. The summed E-state index contributed by atoms with van der Waals surface area (Å²) in [6.45, 7) is 5.17. The Balaban J connectivity index is 1.58. The van der Waals surface area contributed by atoms with Gasteiger partial charge < -0.3 is 5.73 Å². The van der Waals surface area contributed by atoms with E-state index >= 15 is 0 Å². The number of nitrogen functional groups attached to an aromatic ring is 1. The molecular formula is C14H20FN3. The molecule has 0 bridgehead atoms. The average Bonchev–Trinajstić information content (AvgIpc) is 3.19. The van der Waals surface area contributed by atoms with Crippen molar-refractivity contribution in [3.63, 3.8) is 0 Å². The van der Waals surface area contributed by atoms with Gasteiger partial charge in [-0.15, -0.1) is 0 Å². The molecule has 1 saturated carbocycles. The summed E-state index contributed by atoms with van der Waals surface area (Å²) in [7, 11) is 0. The van der Waals surface area contributed by atoms with Crippen LogP contribution in [0.2, 0.25) is 0 Å². The van der Waals surface area contributed by atoms with Crippen LogP contribution in [0.4, 0.5) is 10.1 Å². The molecule has 0 radical (unpaired) electrons. The summed E-state index contributed by atoms with van der Waals surface area (Å²) < 4.78 is 13.2. The van der Waals surface area contributed by atoms with Crippen LogP contribution in [0, 0.1) is 5.82 Å². The van der Waals surface area contributed by atoms with Gasteiger partial charge in [0.15, 0.2) is 0 Å². The summed E-state index contributed by atoms with van der Waals surface area (Å²) >= 11 is 0. The van der Waals surface area contributed by atoms with Crippen molar-refractivity contribution in [1.29, 1.82) is 0 Å². The molecule has 3 rings (SSSR count). The van der Waals surface area contributed by atoms with Crippen molar-refractivity contribution in [2.75, 3.05) is 31.9 Å². The minimum absolute atomic E-state index is 0.198. The predicted molar refractivity (Wildman–Crippen MR) is 70.7 cm³/mol. The van der Waals surface area contributed by atoms with E-state index in [1.807, 2.05) is 0 Å². The van der Waals surface area contributed by atoms with Gasteiger partial charge >= 0.3 is 0 Å². The molecule has 1 aromatic rings. The van der Waals surface area contributed by atoms with E-state index in [9.17, 15) is 4.39 Å². The first-order valence-electron chi connectivity index (χ1n) is 6.73. The summed E-state index contributed by atoms with van der Waals surface area (Å²) in [5.74, 6) is -0.198. The van der Waals surface area contributed by atoms with Crippen molar-refractivity contribution in [2.45, 2.75) is 25.4 Å². The van der Waals surface area contributed by atoms with Crippen LogP contribution in [0.25, 0.3) is 0 Å². The SMILES string of the molecule is Nc1ccc(F)cc1CN1CCN(C2CC2)CC1. The van der Waals surface area contributed by atoms with Gasteiger partial charge in [0.05, 0.1) is 0 Å². The second-order valence-corrected chi connectivity index (χ2v) is 5.39. The molecule has 0 spiro atoms. The van der Waals surface area contributed by atoms with E-state index in [1.54, 1.807) is 12.1 Å². The molecule has 2 fully saturated rings. The van der Waals surface area contributed by atoms with Gasteiger partial charge in [0.1, 0.15) is 5.82 Å². The molecule has 1 aliphatic heterocycles. The number of nitrogens with zero attached hydrogens (tertiary/aromatic N) is 2. The molecule has 1 aromatic carbocycles. The van der Waals surface area contributed by atoms with Crippen molar-refractivity contribution >= 4 is 5.69 Å². The number of hydrogen-bond donors (Lipinski definition) is 1. The zero-order valence-corrected chi connectivity index (χ0v) is 10.6. The van der Waals surface area contributed by atoms with Crippen molar-refractivity contribution in [3.8, 4) is 0 Å². The van der Waals surface area contributed by atoms with Crippen molar-refractivity contribution in [3.05, 3.63) is 29.6 Å². The Morgan fingerprint density at radius 2 is 1.89 bits per heavy atom. The van der Waals surface area contributed by atoms with Gasteiger partial charge in [-0.3, -0.25) is 9.80 Å². The third-order valence-corrected chi connectivity index (χ3v) is 3.97. The molecule has 1 aliphatic carbocycles. The largest absolute Gasteiger partial charge is 0.398 e. The number of rotatable bonds is 3. The van der Waals surface area contributed by atoms with Crippen LogP contribution in [0.3, 0.4) is 0 Å². The lowest BCUT2D eigenvalue weighted by molar-refractivity contribution is 0.121. The normalized spacial score (nSPS) is 22.3. The zero-order valence-electron chi connectivity index (χ0n) is 10.6. The van der Waals surface area contributed by atoms with E-state index in [2.05, 4.69) is 9.80 Å². The van der Waals surface area contributed by atoms with E-state index in [-0.39, 0.29) is 5.82 Å². The van der Waals surface area contributed by atoms with Crippen LogP contribution >= 0.6 is 0 Å². The zero-order chi connectivity index (χ0) is 12.5. The molecule has 0 aromatic heterocycles. The summed E-state index contributed by atoms with van der Waals surface area (Å²) in [6.07, 6.45) is 2.74. The maximum absolute atomic E-state index is 13.2. The topological polar surface area (TPSA) is 32.5 Å². The van der Waals surface area contributed by atoms with Gasteiger partial charge in [0.2, 0.25) is 0 Å². The van der Waals surface area contributed by atoms with E-state index < -0.39 is 0 Å². The van der Waals surface area contributed by atoms with Gasteiger partial charge in [0.25, 0.3) is 0 Å². The molecule has 0 atom stereocenters. The summed E-state index contributed by atoms with van der Waals surface area (Å²) in [5.41, 5.74) is 7.50. The van der Waals surface area contributed by atoms with E-state index in [4.69, 9.17) is 5.73 Å². The Hall–Kier alpha value is -1.13. The number of halogens is 1. The van der Waals surface area contributed by atoms with Gasteiger partial charge in [0, 0.05) is 44.5 Å². The number of benzene rings is 1. The van der Waals surface area contributed by atoms with Crippen LogP contribution in [0.1, 0.15) is 18.4 Å². The molecule has 0 unspecified atom stereocenters. The fraction of sp³-hybridized carbons (Fsp3) is 0.571. The molecule has 2 N–H and O–H groups in total. The molecule has 98 valence electrons. The molecule has 1 heterocycles. The van der Waals surface area contributed by atoms with Crippen molar-refractivity contribution in [1.82, 2.24) is 9.80 Å². The second-order valence-electron chi connectivity index (χ2n) is 5.39. The molecule has 4 heteroatoms. The maximum Gasteiger partial charge on any atom is 0.123 e. The van der Waals surface area contributed by atoms with Gasteiger partial charge in [-0.25, -0.2) is 4.39 Å². The number of piperazine rings is 1. The minimum atomic E-state index is -0.198. The molecule has 18 heavy (non-hydrogen) atoms. The van der Waals surface area contributed by atoms with Gasteiger partial charge in [-0.05, 0) is 36.6 Å². The van der Waals surface area contributed by atoms with Crippen LogP contribution < -0.4 is 5.73 Å². The first-order valence-corrected chi connectivity index (χ1v) is 6.73. The fourth-order valence-corrected chi connectivity index (χ4v) is 2.68. The number of hydrogen-bond acceptors (Lipinski definition) is 3. The lowest BCUT2D eigenvalue weighted by Crippen LogP contribution is -2.46. The highest BCUT2D eigenvalue weighted by molar-refractivity contribution is 5.46. The van der Waals surface area contributed by atoms with Crippen molar-refractivity contribution < 1.29 is 4.39 Å². The van der Waals surface area contributed by atoms with Crippen LogP contribution in [0.15, 0.2) is 18.2 Å². The standard InChI is InChI=1S/C14H20FN3/c15-12-1-4-14(16)11(9-12)10-17-5-7-18(8-6-17)13-2-3-13/h1,4,9,13H,2-3,5-8,10,16H2. The molecule has 2 aliphatic rings. The maximum atomic E-state index is 13.2. The second kappa shape index (κ2) is 4.86. The smallest absolute Gasteiger partial charge is 0.123 e. The first kappa shape index (κ1) is 11.9. The third-order valence-electron chi connectivity index (χ3n) is 3.97. The summed E-state index contributed by atoms with van der Waals surface area (Å²) in [6, 6.07) is 5.49. The van der Waals surface area contributed by atoms with Gasteiger partial charge in [-0.1, -0.05) is 0 Å². The quantitative estimate of drug-likeness (QED) is 0.827. The summed E-state index contributed by atoms with van der Waals surface area (Å²) in [4.78, 5) is 4.94. The van der Waals surface area contributed by atoms with Crippen LogP contribution in [-0.4, -0.2) is 42.0 Å². The van der Waals surface area contributed by atoms with Crippen molar-refractivity contribution in [2.24, 2.45) is 0 Å². The highest BCUT2D eigenvalue weighted by Crippen LogP contribution is 2.27. The molecule has 1 saturated heterocycles. The lowest BCUT2D eigenvalue weighted by atomic mass is 10.1. The molecular weight excluding hydrogens is 229 g/mol. The highest BCUT2D eigenvalue weighted by Gasteiger charge is 2.31. The Bertz CT molecular complexity index is 423. The Labute approximate surface area is 107 Å². The van der Waals surface area contributed by atoms with E-state index in [0.717, 1.165) is 44.3 Å². The minimum Gasteiger partial charge on any atom is -0.398 e. The highest BCUT2D eigenvalue weighted by atomic mass is 19.1. The Kier molecular flexibility index (Phi) is 3.22. The van der Waals surface area contributed by atoms with E-state index in [1.165, 1.54) is 18.9 Å². The predicted octanol–water partition coefficient (Wildman–Crippen LogP) is 1.69. The average molecular weight is 249 g/mol. The molecule has 0 amide bonds. The molecule has 3 nitrogen and oxygen atoms in total. The van der Waals surface area contributed by atoms with Crippen LogP contribution in [-0.2, 0) is 6.54 Å². The summed E-state index contributed by atoms with van der Waals surface area (Å²) in [5, 5.41) is 0. The monoisotopic (exact) mass is 249 g/mol. The van der Waals surface area contributed by atoms with Gasteiger partial charge in [-0.2, -0.15) is 0 Å². The fourth-order valence-electron chi connectivity index (χ4n) is 2.68. The van der Waals surface area contributed by atoms with E-state index in [0.29, 0.717) is 5.69 Å². The number of anilines is 1. The van der Waals surface area contributed by atoms with Crippen LogP contribution in [0.5, 0.6) is 0 Å². The Morgan fingerprint density at radius 1 is 1.17 bits per heavy atom. The lowest BCUT2D eigenvalue weighted by Gasteiger charge is -2.35.